The zero-order chi connectivity index (χ0) is 27.0. The summed E-state index contributed by atoms with van der Waals surface area (Å²) in [5, 5.41) is 7.11. The smallest absolute Gasteiger partial charge is 0.342 e. The van der Waals surface area contributed by atoms with Crippen LogP contribution in [-0.2, 0) is 0 Å². The van der Waals surface area contributed by atoms with Crippen molar-refractivity contribution >= 4 is 22.5 Å². The molecule has 0 aliphatic heterocycles. The highest BCUT2D eigenvalue weighted by atomic mass is 19.4. The molecule has 0 radical (unpaired) electrons. The second-order valence-electron chi connectivity index (χ2n) is 8.44. The third-order valence-electron chi connectivity index (χ3n) is 5.81. The lowest BCUT2D eigenvalue weighted by molar-refractivity contribution is -0.0696. The Bertz CT molecular complexity index is 1810. The first-order chi connectivity index (χ1) is 18.1. The standard InChI is InChI=1S/C27H19F3N6O2/c1-16-21(24-31-14-7-15-35(24)34-16)25(37)32-17(2)23-33-20-11-6-8-18(12-13-27(28,29)30)22(20)26(38)36(23)19-9-4-3-5-10-19/h3-11,14-15,17H,1-2H3,(H,32,37)/t17-/m0/s1. The van der Waals surface area contributed by atoms with Crippen LogP contribution in [0, 0.1) is 18.8 Å². The fourth-order valence-electron chi connectivity index (χ4n) is 4.20. The Morgan fingerprint density at radius 2 is 1.84 bits per heavy atom. The first-order valence-corrected chi connectivity index (χ1v) is 11.5. The highest BCUT2D eigenvalue weighted by Gasteiger charge is 2.25. The molecule has 190 valence electrons. The summed E-state index contributed by atoms with van der Waals surface area (Å²) < 4.78 is 41.2. The van der Waals surface area contributed by atoms with Gasteiger partial charge in [-0.1, -0.05) is 30.2 Å². The molecule has 0 saturated carbocycles. The van der Waals surface area contributed by atoms with E-state index < -0.39 is 23.7 Å². The number of halogens is 3. The number of rotatable bonds is 4. The number of aryl methyl sites for hydroxylation is 1. The molecule has 1 amide bonds. The van der Waals surface area contributed by atoms with Crippen molar-refractivity contribution in [3.8, 4) is 17.5 Å². The number of para-hydroxylation sites is 1. The average Bonchev–Trinajstić information content (AvgIpc) is 3.23. The van der Waals surface area contributed by atoms with Crippen LogP contribution >= 0.6 is 0 Å². The summed E-state index contributed by atoms with van der Waals surface area (Å²) in [6.07, 6.45) is -1.50. The van der Waals surface area contributed by atoms with Gasteiger partial charge < -0.3 is 5.32 Å². The molecule has 38 heavy (non-hydrogen) atoms. The zero-order valence-electron chi connectivity index (χ0n) is 20.1. The Hall–Kier alpha value is -4.98. The monoisotopic (exact) mass is 516 g/mol. The summed E-state index contributed by atoms with van der Waals surface area (Å²) in [5.41, 5.74) is 0.979. The van der Waals surface area contributed by atoms with E-state index >= 15 is 0 Å². The van der Waals surface area contributed by atoms with Gasteiger partial charge in [-0.15, -0.1) is 0 Å². The van der Waals surface area contributed by atoms with E-state index in [0.29, 0.717) is 17.0 Å². The first kappa shape index (κ1) is 24.7. The van der Waals surface area contributed by atoms with Gasteiger partial charge in [-0.05, 0) is 44.2 Å². The molecule has 1 atom stereocenters. The normalized spacial score (nSPS) is 12.2. The molecule has 8 nitrogen and oxygen atoms in total. The number of fused-ring (bicyclic) bond motifs is 2. The van der Waals surface area contributed by atoms with Gasteiger partial charge in [0, 0.05) is 23.9 Å². The maximum atomic E-state index is 13.8. The van der Waals surface area contributed by atoms with Crippen LogP contribution < -0.4 is 10.9 Å². The van der Waals surface area contributed by atoms with Crippen LogP contribution in [0.4, 0.5) is 13.2 Å². The second kappa shape index (κ2) is 9.48. The van der Waals surface area contributed by atoms with E-state index in [-0.39, 0.29) is 27.9 Å². The summed E-state index contributed by atoms with van der Waals surface area (Å²) in [4.78, 5) is 35.9. The van der Waals surface area contributed by atoms with E-state index in [1.165, 1.54) is 33.2 Å². The Balaban J connectivity index is 1.66. The number of nitrogens with zero attached hydrogens (tertiary/aromatic N) is 5. The number of aromatic nitrogens is 5. The maximum absolute atomic E-state index is 13.8. The Labute approximate surface area is 213 Å². The third-order valence-corrected chi connectivity index (χ3v) is 5.81. The predicted molar refractivity (Wildman–Crippen MR) is 134 cm³/mol. The lowest BCUT2D eigenvalue weighted by atomic mass is 10.1. The van der Waals surface area contributed by atoms with Gasteiger partial charge in [-0.25, -0.2) is 14.5 Å². The summed E-state index contributed by atoms with van der Waals surface area (Å²) in [5.74, 6) is 2.99. The second-order valence-corrected chi connectivity index (χ2v) is 8.44. The molecule has 0 aliphatic carbocycles. The van der Waals surface area contributed by atoms with Crippen molar-refractivity contribution in [1.82, 2.24) is 29.5 Å². The van der Waals surface area contributed by atoms with Gasteiger partial charge in [0.2, 0.25) is 0 Å². The van der Waals surface area contributed by atoms with Crippen molar-refractivity contribution in [2.24, 2.45) is 0 Å². The number of carbonyl (C=O) groups is 1. The third kappa shape index (κ3) is 4.59. The van der Waals surface area contributed by atoms with Crippen molar-refractivity contribution in [3.05, 3.63) is 100.0 Å². The van der Waals surface area contributed by atoms with Crippen molar-refractivity contribution < 1.29 is 18.0 Å². The number of amides is 1. The first-order valence-electron chi connectivity index (χ1n) is 11.5. The zero-order valence-corrected chi connectivity index (χ0v) is 20.1. The minimum absolute atomic E-state index is 0.0574. The van der Waals surface area contributed by atoms with E-state index in [2.05, 4.69) is 26.3 Å². The Morgan fingerprint density at radius 1 is 1.08 bits per heavy atom. The van der Waals surface area contributed by atoms with E-state index in [1.54, 1.807) is 62.6 Å². The molecule has 1 N–H and O–H groups in total. The van der Waals surface area contributed by atoms with Gasteiger partial charge in [-0.3, -0.25) is 14.2 Å². The van der Waals surface area contributed by atoms with E-state index in [1.807, 2.05) is 0 Å². The van der Waals surface area contributed by atoms with Crippen LogP contribution in [0.2, 0.25) is 0 Å². The lowest BCUT2D eigenvalue weighted by Crippen LogP contribution is -2.33. The quantitative estimate of drug-likeness (QED) is 0.363. The summed E-state index contributed by atoms with van der Waals surface area (Å²) in [6.45, 7) is 3.35. The Morgan fingerprint density at radius 3 is 2.58 bits per heavy atom. The fraction of sp³-hybridized carbons (Fsp3) is 0.148. The number of benzene rings is 2. The van der Waals surface area contributed by atoms with Crippen LogP contribution in [0.1, 0.15) is 40.4 Å². The van der Waals surface area contributed by atoms with Crippen molar-refractivity contribution in [2.75, 3.05) is 0 Å². The average molecular weight is 516 g/mol. The minimum Gasteiger partial charge on any atom is -0.342 e. The largest absolute Gasteiger partial charge is 0.458 e. The molecule has 0 fully saturated rings. The van der Waals surface area contributed by atoms with Crippen LogP contribution in [-0.4, -0.2) is 36.2 Å². The minimum atomic E-state index is -4.72. The summed E-state index contributed by atoms with van der Waals surface area (Å²) in [6, 6.07) is 13.7. The highest BCUT2D eigenvalue weighted by Crippen LogP contribution is 2.22. The molecule has 0 bridgehead atoms. The SMILES string of the molecule is Cc1nn2cccnc2c1C(=O)N[C@@H](C)c1nc2cccc(C#CC(F)(F)F)c2c(=O)n1-c1ccccc1. The number of hydrogen-bond donors (Lipinski definition) is 1. The molecule has 0 aliphatic rings. The molecule has 11 heteroatoms. The Kier molecular flexibility index (Phi) is 6.16. The number of nitrogens with one attached hydrogen (secondary N) is 1. The lowest BCUT2D eigenvalue weighted by Gasteiger charge is -2.20. The van der Waals surface area contributed by atoms with Gasteiger partial charge in [-0.2, -0.15) is 18.3 Å². The van der Waals surface area contributed by atoms with Crippen LogP contribution in [0.5, 0.6) is 0 Å². The maximum Gasteiger partial charge on any atom is 0.458 e. The molecule has 3 aromatic heterocycles. The highest BCUT2D eigenvalue weighted by molar-refractivity contribution is 6.01. The summed E-state index contributed by atoms with van der Waals surface area (Å²) in [7, 11) is 0. The van der Waals surface area contributed by atoms with E-state index in [9.17, 15) is 22.8 Å². The molecule has 2 aromatic carbocycles. The molecular weight excluding hydrogens is 497 g/mol. The van der Waals surface area contributed by atoms with Crippen molar-refractivity contribution in [2.45, 2.75) is 26.1 Å². The van der Waals surface area contributed by atoms with E-state index in [0.717, 1.165) is 0 Å². The van der Waals surface area contributed by atoms with Crippen LogP contribution in [0.3, 0.4) is 0 Å². The molecule has 0 spiro atoms. The van der Waals surface area contributed by atoms with Crippen LogP contribution in [0.25, 0.3) is 22.2 Å². The number of alkyl halides is 3. The van der Waals surface area contributed by atoms with E-state index in [4.69, 9.17) is 0 Å². The van der Waals surface area contributed by atoms with Gasteiger partial charge in [0.25, 0.3) is 11.5 Å². The molecule has 0 unspecified atom stereocenters. The van der Waals surface area contributed by atoms with Crippen molar-refractivity contribution in [1.29, 1.82) is 0 Å². The van der Waals surface area contributed by atoms with Gasteiger partial charge in [0.1, 0.15) is 11.4 Å². The molecular formula is C27H19F3N6O2. The molecule has 5 aromatic rings. The fourth-order valence-corrected chi connectivity index (χ4v) is 4.20. The van der Waals surface area contributed by atoms with Gasteiger partial charge in [0.05, 0.1) is 28.3 Å². The number of hydrogen-bond acceptors (Lipinski definition) is 5. The molecule has 3 heterocycles. The topological polar surface area (TPSA) is 94.2 Å². The summed E-state index contributed by atoms with van der Waals surface area (Å²) >= 11 is 0. The molecule has 5 rings (SSSR count). The molecule has 0 saturated heterocycles. The number of carbonyl (C=O) groups excluding carboxylic acids is 1. The van der Waals surface area contributed by atoms with Gasteiger partial charge >= 0.3 is 6.18 Å². The van der Waals surface area contributed by atoms with Crippen LogP contribution in [0.15, 0.2) is 71.8 Å². The predicted octanol–water partition coefficient (Wildman–Crippen LogP) is 4.14. The van der Waals surface area contributed by atoms with Crippen molar-refractivity contribution in [3.63, 3.8) is 0 Å². The van der Waals surface area contributed by atoms with Gasteiger partial charge in [0.15, 0.2) is 5.65 Å².